The third kappa shape index (κ3) is 2.62. The van der Waals surface area contributed by atoms with Crippen LogP contribution < -0.4 is 5.69 Å². The van der Waals surface area contributed by atoms with Crippen molar-refractivity contribution in [3.05, 3.63) is 34.9 Å². The average molecular weight is 290 g/mol. The standard InChI is InChI=1S/C14H18N4O3/c19-9-8-16(11-4-3-5-11)10-13(20)18-14(21)17-7-2-1-6-12(17)15-18/h1-2,6-7,11,19H,3-5,8-10H2. The van der Waals surface area contributed by atoms with Gasteiger partial charge in [0, 0.05) is 18.8 Å². The minimum atomic E-state index is -0.451. The van der Waals surface area contributed by atoms with E-state index in [-0.39, 0.29) is 19.1 Å². The van der Waals surface area contributed by atoms with Crippen molar-refractivity contribution in [1.29, 1.82) is 0 Å². The van der Waals surface area contributed by atoms with E-state index in [1.54, 1.807) is 24.4 Å². The second kappa shape index (κ2) is 5.79. The molecule has 112 valence electrons. The van der Waals surface area contributed by atoms with E-state index in [1.165, 1.54) is 4.40 Å². The van der Waals surface area contributed by atoms with Gasteiger partial charge in [0.2, 0.25) is 0 Å². The summed E-state index contributed by atoms with van der Waals surface area (Å²) < 4.78 is 2.26. The number of pyridine rings is 1. The normalized spacial score (nSPS) is 15.5. The molecule has 0 unspecified atom stereocenters. The molecular weight excluding hydrogens is 272 g/mol. The number of aliphatic hydroxyl groups is 1. The summed E-state index contributed by atoms with van der Waals surface area (Å²) in [6.07, 6.45) is 4.81. The molecule has 0 atom stereocenters. The van der Waals surface area contributed by atoms with E-state index < -0.39 is 5.69 Å². The molecule has 0 radical (unpaired) electrons. The lowest BCUT2D eigenvalue weighted by Crippen LogP contribution is -2.46. The van der Waals surface area contributed by atoms with Crippen LogP contribution in [-0.4, -0.2) is 55.8 Å². The zero-order valence-corrected chi connectivity index (χ0v) is 11.7. The Kier molecular flexibility index (Phi) is 3.85. The van der Waals surface area contributed by atoms with E-state index in [2.05, 4.69) is 5.10 Å². The molecule has 1 fully saturated rings. The van der Waals surface area contributed by atoms with Crippen LogP contribution in [0.5, 0.6) is 0 Å². The summed E-state index contributed by atoms with van der Waals surface area (Å²) in [5.74, 6) is -0.357. The van der Waals surface area contributed by atoms with Gasteiger partial charge in [-0.15, -0.1) is 9.78 Å². The minimum absolute atomic E-state index is 0.00381. The maximum Gasteiger partial charge on any atom is 0.357 e. The predicted octanol–water partition coefficient (Wildman–Crippen LogP) is -0.0170. The first kappa shape index (κ1) is 14.0. The largest absolute Gasteiger partial charge is 0.395 e. The van der Waals surface area contributed by atoms with Crippen molar-refractivity contribution in [3.8, 4) is 0 Å². The summed E-state index contributed by atoms with van der Waals surface area (Å²) in [4.78, 5) is 26.4. The molecule has 0 aliphatic heterocycles. The number of nitrogens with zero attached hydrogens (tertiary/aromatic N) is 4. The van der Waals surface area contributed by atoms with Gasteiger partial charge in [0.1, 0.15) is 0 Å². The third-order valence-corrected chi connectivity index (χ3v) is 3.98. The number of fused-ring (bicyclic) bond motifs is 1. The maximum atomic E-state index is 12.3. The molecule has 0 aromatic carbocycles. The lowest BCUT2D eigenvalue weighted by atomic mass is 9.91. The number of aromatic nitrogens is 3. The van der Waals surface area contributed by atoms with Crippen molar-refractivity contribution < 1.29 is 9.90 Å². The van der Waals surface area contributed by atoms with Crippen LogP contribution in [-0.2, 0) is 0 Å². The number of aliphatic hydroxyl groups excluding tert-OH is 1. The zero-order valence-electron chi connectivity index (χ0n) is 11.7. The van der Waals surface area contributed by atoms with Crippen molar-refractivity contribution in [1.82, 2.24) is 19.1 Å². The summed E-state index contributed by atoms with van der Waals surface area (Å²) >= 11 is 0. The van der Waals surface area contributed by atoms with Crippen LogP contribution >= 0.6 is 0 Å². The molecule has 0 amide bonds. The molecule has 0 saturated heterocycles. The van der Waals surface area contributed by atoms with Crippen LogP contribution in [0.4, 0.5) is 0 Å². The molecule has 1 aliphatic carbocycles. The summed E-state index contributed by atoms with van der Waals surface area (Å²) in [7, 11) is 0. The Morgan fingerprint density at radius 3 is 2.86 bits per heavy atom. The Bertz CT molecular complexity index is 702. The Balaban J connectivity index is 1.82. The van der Waals surface area contributed by atoms with Crippen molar-refractivity contribution >= 4 is 11.6 Å². The third-order valence-electron chi connectivity index (χ3n) is 3.98. The fraction of sp³-hybridized carbons (Fsp3) is 0.500. The fourth-order valence-corrected chi connectivity index (χ4v) is 2.60. The molecule has 2 aromatic heterocycles. The van der Waals surface area contributed by atoms with Gasteiger partial charge in [-0.1, -0.05) is 12.5 Å². The number of carbonyl (C=O) groups is 1. The van der Waals surface area contributed by atoms with Gasteiger partial charge in [-0.05, 0) is 25.0 Å². The van der Waals surface area contributed by atoms with E-state index in [0.717, 1.165) is 23.9 Å². The molecule has 0 bridgehead atoms. The molecular formula is C14H18N4O3. The van der Waals surface area contributed by atoms with E-state index in [0.29, 0.717) is 18.2 Å². The molecule has 7 nitrogen and oxygen atoms in total. The molecule has 0 spiro atoms. The van der Waals surface area contributed by atoms with Gasteiger partial charge in [-0.3, -0.25) is 9.69 Å². The summed E-state index contributed by atoms with van der Waals surface area (Å²) in [5, 5.41) is 13.2. The zero-order chi connectivity index (χ0) is 14.8. The summed E-state index contributed by atoms with van der Waals surface area (Å²) in [6.45, 7) is 0.553. The van der Waals surface area contributed by atoms with Gasteiger partial charge >= 0.3 is 5.69 Å². The molecule has 2 heterocycles. The number of hydrogen-bond acceptors (Lipinski definition) is 5. The quantitative estimate of drug-likeness (QED) is 0.837. The van der Waals surface area contributed by atoms with Gasteiger partial charge in [0.05, 0.1) is 13.2 Å². The second-order valence-corrected chi connectivity index (χ2v) is 5.30. The first-order chi connectivity index (χ1) is 10.2. The van der Waals surface area contributed by atoms with Crippen LogP contribution in [0.15, 0.2) is 29.2 Å². The van der Waals surface area contributed by atoms with Gasteiger partial charge in [0.25, 0.3) is 5.91 Å². The lowest BCUT2D eigenvalue weighted by Gasteiger charge is -2.36. The Labute approximate surface area is 121 Å². The second-order valence-electron chi connectivity index (χ2n) is 5.30. The molecule has 1 N–H and O–H groups in total. The first-order valence-electron chi connectivity index (χ1n) is 7.15. The van der Waals surface area contributed by atoms with Crippen LogP contribution in [0.1, 0.15) is 24.1 Å². The maximum absolute atomic E-state index is 12.3. The first-order valence-corrected chi connectivity index (χ1v) is 7.15. The van der Waals surface area contributed by atoms with Crippen molar-refractivity contribution in [2.75, 3.05) is 19.7 Å². The molecule has 21 heavy (non-hydrogen) atoms. The molecule has 3 rings (SSSR count). The molecule has 7 heteroatoms. The van der Waals surface area contributed by atoms with E-state index in [9.17, 15) is 9.59 Å². The van der Waals surface area contributed by atoms with Crippen molar-refractivity contribution in [3.63, 3.8) is 0 Å². The van der Waals surface area contributed by atoms with Gasteiger partial charge in [-0.25, -0.2) is 9.20 Å². The molecule has 1 saturated carbocycles. The topological polar surface area (TPSA) is 79.8 Å². The monoisotopic (exact) mass is 290 g/mol. The number of carbonyl (C=O) groups excluding carboxylic acids is 1. The highest BCUT2D eigenvalue weighted by molar-refractivity contribution is 5.80. The van der Waals surface area contributed by atoms with E-state index in [4.69, 9.17) is 5.11 Å². The van der Waals surface area contributed by atoms with Gasteiger partial charge in [-0.2, -0.15) is 0 Å². The Hall–Kier alpha value is -1.99. The van der Waals surface area contributed by atoms with Crippen LogP contribution in [0, 0.1) is 0 Å². The predicted molar refractivity (Wildman–Crippen MR) is 76.4 cm³/mol. The van der Waals surface area contributed by atoms with Gasteiger partial charge in [0.15, 0.2) is 5.65 Å². The SMILES string of the molecule is O=C(CN(CCO)C1CCC1)n1nc2ccccn2c1=O. The minimum Gasteiger partial charge on any atom is -0.395 e. The highest BCUT2D eigenvalue weighted by Gasteiger charge is 2.27. The highest BCUT2D eigenvalue weighted by Crippen LogP contribution is 2.24. The Morgan fingerprint density at radius 2 is 2.24 bits per heavy atom. The average Bonchev–Trinajstić information content (AvgIpc) is 2.75. The summed E-state index contributed by atoms with van der Waals surface area (Å²) in [5.41, 5.74) is 0.00126. The van der Waals surface area contributed by atoms with Crippen LogP contribution in [0.25, 0.3) is 5.65 Å². The van der Waals surface area contributed by atoms with Crippen LogP contribution in [0.2, 0.25) is 0 Å². The number of rotatable bonds is 5. The molecule has 1 aliphatic rings. The summed E-state index contributed by atoms with van der Waals surface area (Å²) in [6, 6.07) is 5.50. The smallest absolute Gasteiger partial charge is 0.357 e. The van der Waals surface area contributed by atoms with Crippen molar-refractivity contribution in [2.45, 2.75) is 25.3 Å². The molecule has 2 aromatic rings. The lowest BCUT2D eigenvalue weighted by molar-refractivity contribution is 0.0660. The van der Waals surface area contributed by atoms with E-state index >= 15 is 0 Å². The fourth-order valence-electron chi connectivity index (χ4n) is 2.60. The van der Waals surface area contributed by atoms with E-state index in [1.807, 2.05) is 4.90 Å². The van der Waals surface area contributed by atoms with Crippen molar-refractivity contribution in [2.24, 2.45) is 0 Å². The van der Waals surface area contributed by atoms with Crippen LogP contribution in [0.3, 0.4) is 0 Å². The van der Waals surface area contributed by atoms with Gasteiger partial charge < -0.3 is 5.11 Å². The highest BCUT2D eigenvalue weighted by atomic mass is 16.3. The number of hydrogen-bond donors (Lipinski definition) is 1. The Morgan fingerprint density at radius 1 is 1.43 bits per heavy atom.